The molecule has 2 nitrogen and oxygen atoms in total. The molecule has 1 heterocycles. The summed E-state index contributed by atoms with van der Waals surface area (Å²) in [5.41, 5.74) is -3.10. The third kappa shape index (κ3) is 2.11. The maximum Gasteiger partial charge on any atom is 0.101 e. The molecule has 0 amide bonds. The normalized spacial score (nSPS) is 19.6. The van der Waals surface area contributed by atoms with Crippen LogP contribution in [0.15, 0.2) is 30.3 Å². The molecule has 15 heavy (non-hydrogen) atoms. The van der Waals surface area contributed by atoms with Crippen LogP contribution in [-0.2, 0) is 5.60 Å². The van der Waals surface area contributed by atoms with Crippen LogP contribution in [0.1, 0.15) is 27.6 Å². The summed E-state index contributed by atoms with van der Waals surface area (Å²) in [5.74, 6) is 0. The predicted molar refractivity (Wildman–Crippen MR) is 62.0 cm³/mol. The maximum absolute atomic E-state index is 10.4. The smallest absolute Gasteiger partial charge is 0.101 e. The molecule has 78 valence electrons. The van der Waals surface area contributed by atoms with Crippen molar-refractivity contribution in [3.05, 3.63) is 41.0 Å². The fourth-order valence-corrected chi connectivity index (χ4v) is 1.48. The Hall–Kier alpha value is -1.12. The van der Waals surface area contributed by atoms with Gasteiger partial charge in [0.1, 0.15) is 5.60 Å². The van der Waals surface area contributed by atoms with Crippen molar-refractivity contribution in [1.29, 1.82) is 0 Å². The van der Waals surface area contributed by atoms with Gasteiger partial charge in [0.05, 0.1) is 11.2 Å². The molecular formula is C12H12ClNO. The van der Waals surface area contributed by atoms with Gasteiger partial charge in [0.25, 0.3) is 0 Å². The first-order chi connectivity index (χ1) is 9.47. The van der Waals surface area contributed by atoms with Gasteiger partial charge < -0.3 is 5.11 Å². The van der Waals surface area contributed by atoms with Crippen LogP contribution in [0.4, 0.5) is 0 Å². The number of hydrogen-bond acceptors (Lipinski definition) is 2. The van der Waals surface area contributed by atoms with Gasteiger partial charge >= 0.3 is 0 Å². The highest BCUT2D eigenvalue weighted by atomic mass is 35.5. The van der Waals surface area contributed by atoms with Crippen molar-refractivity contribution in [1.82, 2.24) is 4.98 Å². The Morgan fingerprint density at radius 1 is 1.33 bits per heavy atom. The van der Waals surface area contributed by atoms with E-state index in [1.807, 2.05) is 0 Å². The molecule has 0 aliphatic carbocycles. The molecule has 0 aliphatic rings. The maximum atomic E-state index is 10.4. The van der Waals surface area contributed by atoms with Gasteiger partial charge in [-0.2, -0.15) is 0 Å². The molecule has 0 fully saturated rings. The standard InChI is InChI=1S/C12H12ClNO/c1-12(2,15)11-6-3-8-7-9(13)4-5-10(8)14-11/h3-7,15H,1-2H3/i1D3,2D3. The molecule has 0 atom stereocenters. The molecule has 0 bridgehead atoms. The molecule has 0 unspecified atom stereocenters. The van der Waals surface area contributed by atoms with Crippen LogP contribution in [0.25, 0.3) is 10.9 Å². The highest BCUT2D eigenvalue weighted by Crippen LogP contribution is 2.22. The van der Waals surface area contributed by atoms with E-state index in [9.17, 15) is 5.11 Å². The Morgan fingerprint density at radius 2 is 2.13 bits per heavy atom. The number of halogens is 1. The summed E-state index contributed by atoms with van der Waals surface area (Å²) in [6, 6.07) is 7.35. The van der Waals surface area contributed by atoms with Crippen LogP contribution < -0.4 is 0 Å². The lowest BCUT2D eigenvalue weighted by atomic mass is 10.0. The summed E-state index contributed by atoms with van der Waals surface area (Å²) in [6.45, 7) is -6.29. The highest BCUT2D eigenvalue weighted by Gasteiger charge is 2.17. The van der Waals surface area contributed by atoms with Gasteiger partial charge in [-0.1, -0.05) is 17.7 Å². The van der Waals surface area contributed by atoms with E-state index in [4.69, 9.17) is 19.8 Å². The van der Waals surface area contributed by atoms with E-state index in [1.54, 1.807) is 12.1 Å². The average Bonchev–Trinajstić information content (AvgIpc) is 2.34. The Bertz CT molecular complexity index is 667. The monoisotopic (exact) mass is 227 g/mol. The molecular weight excluding hydrogens is 210 g/mol. The number of aliphatic hydroxyl groups is 1. The Kier molecular flexibility index (Phi) is 1.22. The van der Waals surface area contributed by atoms with Gasteiger partial charge in [-0.3, -0.25) is 0 Å². The number of rotatable bonds is 1. The SMILES string of the molecule is [2H]C([2H])([2H])C(O)(c1ccc2cc(Cl)ccc2n1)C([2H])([2H])[2H]. The molecule has 1 aromatic heterocycles. The minimum atomic E-state index is -3.15. The Balaban J connectivity index is 2.70. The van der Waals surface area contributed by atoms with E-state index >= 15 is 0 Å². The predicted octanol–water partition coefficient (Wildman–Crippen LogP) is 3.12. The van der Waals surface area contributed by atoms with Crippen molar-refractivity contribution in [2.75, 3.05) is 0 Å². The summed E-state index contributed by atoms with van der Waals surface area (Å²) in [4.78, 5) is 3.99. The highest BCUT2D eigenvalue weighted by molar-refractivity contribution is 6.31. The molecule has 1 N–H and O–H groups in total. The van der Waals surface area contributed by atoms with Crippen molar-refractivity contribution in [3.8, 4) is 0 Å². The quantitative estimate of drug-likeness (QED) is 0.812. The van der Waals surface area contributed by atoms with Gasteiger partial charge in [-0.25, -0.2) is 4.98 Å². The molecule has 2 aromatic rings. The number of nitrogens with zero attached hydrogens (tertiary/aromatic N) is 1. The number of hydrogen-bond donors (Lipinski definition) is 1. The summed E-state index contributed by atoms with van der Waals surface area (Å²) >= 11 is 5.84. The number of pyridine rings is 1. The molecule has 0 radical (unpaired) electrons. The number of aromatic nitrogens is 1. The zero-order valence-corrected chi connectivity index (χ0v) is 8.42. The molecule has 0 saturated carbocycles. The van der Waals surface area contributed by atoms with Gasteiger partial charge in [-0.05, 0) is 38.0 Å². The lowest BCUT2D eigenvalue weighted by Crippen LogP contribution is -2.17. The average molecular weight is 228 g/mol. The van der Waals surface area contributed by atoms with Crippen LogP contribution in [0.2, 0.25) is 5.02 Å². The van der Waals surface area contributed by atoms with Crippen molar-refractivity contribution in [2.24, 2.45) is 0 Å². The molecule has 0 saturated heterocycles. The second kappa shape index (κ2) is 3.47. The lowest BCUT2D eigenvalue weighted by Gasteiger charge is -2.16. The first-order valence-electron chi connectivity index (χ1n) is 7.26. The van der Waals surface area contributed by atoms with Crippen molar-refractivity contribution in [2.45, 2.75) is 19.3 Å². The zero-order chi connectivity index (χ0) is 16.1. The van der Waals surface area contributed by atoms with E-state index in [2.05, 4.69) is 4.98 Å². The van der Waals surface area contributed by atoms with Gasteiger partial charge in [0, 0.05) is 18.6 Å². The zero-order valence-electron chi connectivity index (χ0n) is 13.7. The molecule has 0 spiro atoms. The third-order valence-corrected chi connectivity index (χ3v) is 2.26. The molecule has 3 heteroatoms. The van der Waals surface area contributed by atoms with E-state index in [0.717, 1.165) is 0 Å². The summed E-state index contributed by atoms with van der Waals surface area (Å²) in [5, 5.41) is 11.4. The minimum absolute atomic E-state index is 0.351. The van der Waals surface area contributed by atoms with Gasteiger partial charge in [0.15, 0.2) is 0 Å². The summed E-state index contributed by atoms with van der Waals surface area (Å²) < 4.78 is 44.3. The van der Waals surface area contributed by atoms with E-state index in [-0.39, 0.29) is 0 Å². The van der Waals surface area contributed by atoms with E-state index < -0.39 is 25.0 Å². The van der Waals surface area contributed by atoms with Gasteiger partial charge in [-0.15, -0.1) is 0 Å². The van der Waals surface area contributed by atoms with Crippen molar-refractivity contribution < 1.29 is 13.3 Å². The Morgan fingerprint density at radius 3 is 2.87 bits per heavy atom. The summed E-state index contributed by atoms with van der Waals surface area (Å²) in [6.07, 6.45) is 0. The second-order valence-corrected chi connectivity index (χ2v) is 3.68. The fourth-order valence-electron chi connectivity index (χ4n) is 1.30. The van der Waals surface area contributed by atoms with E-state index in [0.29, 0.717) is 15.9 Å². The number of fused-ring (bicyclic) bond motifs is 1. The topological polar surface area (TPSA) is 33.1 Å². The lowest BCUT2D eigenvalue weighted by molar-refractivity contribution is 0.0742. The molecule has 2 rings (SSSR count). The number of benzene rings is 1. The van der Waals surface area contributed by atoms with E-state index in [1.165, 1.54) is 18.2 Å². The van der Waals surface area contributed by atoms with Crippen LogP contribution in [0.5, 0.6) is 0 Å². The third-order valence-electron chi connectivity index (χ3n) is 2.02. The van der Waals surface area contributed by atoms with Gasteiger partial charge in [0.2, 0.25) is 0 Å². The van der Waals surface area contributed by atoms with Crippen LogP contribution in [0.3, 0.4) is 0 Å². The fraction of sp³-hybridized carbons (Fsp3) is 0.250. The molecule has 0 aliphatic heterocycles. The van der Waals surface area contributed by atoms with Crippen LogP contribution >= 0.6 is 11.6 Å². The van der Waals surface area contributed by atoms with Crippen molar-refractivity contribution >= 4 is 22.5 Å². The minimum Gasteiger partial charge on any atom is -0.384 e. The second-order valence-electron chi connectivity index (χ2n) is 3.24. The first-order valence-corrected chi connectivity index (χ1v) is 4.64. The van der Waals surface area contributed by atoms with Crippen LogP contribution in [0, 0.1) is 0 Å². The largest absolute Gasteiger partial charge is 0.384 e. The molecule has 1 aromatic carbocycles. The Labute approximate surface area is 102 Å². The first kappa shape index (κ1) is 5.28. The van der Waals surface area contributed by atoms with Crippen molar-refractivity contribution in [3.63, 3.8) is 0 Å². The van der Waals surface area contributed by atoms with Crippen LogP contribution in [-0.4, -0.2) is 10.1 Å². The summed E-state index contributed by atoms with van der Waals surface area (Å²) in [7, 11) is 0.